The monoisotopic (exact) mass is 226 g/mol. The molecule has 0 bridgehead atoms. The van der Waals surface area contributed by atoms with Gasteiger partial charge in [0, 0.05) is 19.0 Å². The second-order valence-corrected chi connectivity index (χ2v) is 3.23. The number of carbonyl (C=O) groups is 2. The number of hydroxylamine groups is 1. The van der Waals surface area contributed by atoms with Crippen molar-refractivity contribution in [2.24, 2.45) is 0 Å². The Kier molecular flexibility index (Phi) is 8.91. The lowest BCUT2D eigenvalue weighted by Gasteiger charge is -2.01. The number of hydrogen-bond acceptors (Lipinski definition) is 3. The summed E-state index contributed by atoms with van der Waals surface area (Å²) >= 11 is 0. The van der Waals surface area contributed by atoms with Gasteiger partial charge in [0.05, 0.1) is 0 Å². The summed E-state index contributed by atoms with van der Waals surface area (Å²) < 4.78 is 0. The molecule has 0 aromatic carbocycles. The quantitative estimate of drug-likeness (QED) is 0.189. The van der Waals surface area contributed by atoms with E-state index < -0.39 is 0 Å². The molecule has 16 heavy (non-hydrogen) atoms. The SMILES string of the molecule is C=CC=CC(=O)NCCCCCC(=O)NO. The molecule has 90 valence electrons. The maximum atomic E-state index is 11.0. The highest BCUT2D eigenvalue weighted by Crippen LogP contribution is 1.98. The predicted octanol–water partition coefficient (Wildman–Crippen LogP) is 0.911. The molecule has 5 nitrogen and oxygen atoms in total. The van der Waals surface area contributed by atoms with Crippen LogP contribution in [0.4, 0.5) is 0 Å². The van der Waals surface area contributed by atoms with Crippen molar-refractivity contribution < 1.29 is 14.8 Å². The summed E-state index contributed by atoms with van der Waals surface area (Å²) in [5.74, 6) is -0.522. The van der Waals surface area contributed by atoms with Crippen molar-refractivity contribution in [2.75, 3.05) is 6.54 Å². The van der Waals surface area contributed by atoms with Crippen LogP contribution >= 0.6 is 0 Å². The molecule has 0 aromatic heterocycles. The van der Waals surface area contributed by atoms with Crippen LogP contribution in [-0.2, 0) is 9.59 Å². The van der Waals surface area contributed by atoms with Crippen LogP contribution in [0.1, 0.15) is 25.7 Å². The zero-order chi connectivity index (χ0) is 12.2. The second-order valence-electron chi connectivity index (χ2n) is 3.23. The van der Waals surface area contributed by atoms with E-state index in [-0.39, 0.29) is 11.8 Å². The van der Waals surface area contributed by atoms with E-state index >= 15 is 0 Å². The van der Waals surface area contributed by atoms with Gasteiger partial charge in [-0.2, -0.15) is 0 Å². The van der Waals surface area contributed by atoms with Crippen molar-refractivity contribution in [3.63, 3.8) is 0 Å². The largest absolute Gasteiger partial charge is 0.353 e. The molecule has 0 fully saturated rings. The Morgan fingerprint density at radius 3 is 2.62 bits per heavy atom. The number of rotatable bonds is 8. The van der Waals surface area contributed by atoms with Crippen LogP contribution in [0.5, 0.6) is 0 Å². The summed E-state index contributed by atoms with van der Waals surface area (Å²) in [6.07, 6.45) is 7.16. The van der Waals surface area contributed by atoms with Crippen molar-refractivity contribution in [3.05, 3.63) is 24.8 Å². The molecule has 0 saturated heterocycles. The fraction of sp³-hybridized carbons (Fsp3) is 0.455. The van der Waals surface area contributed by atoms with E-state index in [0.29, 0.717) is 19.4 Å². The standard InChI is InChI=1S/C11H18N2O3/c1-2-3-7-10(14)12-9-6-4-5-8-11(15)13-16/h2-3,7,16H,1,4-6,8-9H2,(H,12,14)(H,13,15). The van der Waals surface area contributed by atoms with E-state index in [1.54, 1.807) is 11.6 Å². The maximum absolute atomic E-state index is 11.0. The molecule has 0 aliphatic carbocycles. The number of carbonyl (C=O) groups excluding carboxylic acids is 2. The van der Waals surface area contributed by atoms with Crippen LogP contribution in [0.2, 0.25) is 0 Å². The van der Waals surface area contributed by atoms with E-state index in [1.165, 1.54) is 12.2 Å². The number of unbranched alkanes of at least 4 members (excludes halogenated alkanes) is 2. The van der Waals surface area contributed by atoms with Gasteiger partial charge in [0.1, 0.15) is 0 Å². The fourth-order valence-corrected chi connectivity index (χ4v) is 1.07. The van der Waals surface area contributed by atoms with Crippen LogP contribution in [0.25, 0.3) is 0 Å². The van der Waals surface area contributed by atoms with Crippen LogP contribution in [-0.4, -0.2) is 23.6 Å². The minimum absolute atomic E-state index is 0.145. The zero-order valence-corrected chi connectivity index (χ0v) is 9.24. The minimum atomic E-state index is -0.377. The van der Waals surface area contributed by atoms with E-state index in [2.05, 4.69) is 11.9 Å². The maximum Gasteiger partial charge on any atom is 0.243 e. The second kappa shape index (κ2) is 9.92. The van der Waals surface area contributed by atoms with E-state index in [4.69, 9.17) is 5.21 Å². The van der Waals surface area contributed by atoms with Crippen LogP contribution in [0.15, 0.2) is 24.8 Å². The first-order valence-electron chi connectivity index (χ1n) is 5.20. The summed E-state index contributed by atoms with van der Waals surface area (Å²) in [6, 6.07) is 0. The summed E-state index contributed by atoms with van der Waals surface area (Å²) in [5.41, 5.74) is 1.57. The number of allylic oxidation sites excluding steroid dienone is 2. The van der Waals surface area contributed by atoms with Crippen molar-refractivity contribution in [3.8, 4) is 0 Å². The molecule has 2 amide bonds. The Labute approximate surface area is 95.2 Å². The Morgan fingerprint density at radius 1 is 1.25 bits per heavy atom. The van der Waals surface area contributed by atoms with Crippen molar-refractivity contribution in [1.82, 2.24) is 10.8 Å². The Morgan fingerprint density at radius 2 is 2.00 bits per heavy atom. The van der Waals surface area contributed by atoms with Gasteiger partial charge in [-0.25, -0.2) is 5.48 Å². The van der Waals surface area contributed by atoms with Gasteiger partial charge < -0.3 is 5.32 Å². The molecule has 0 spiro atoms. The predicted molar refractivity (Wildman–Crippen MR) is 60.7 cm³/mol. The summed E-state index contributed by atoms with van der Waals surface area (Å²) in [5, 5.41) is 10.9. The molecule has 0 atom stereocenters. The molecule has 0 aliphatic rings. The number of amides is 2. The molecular formula is C11H18N2O3. The highest BCUT2D eigenvalue weighted by molar-refractivity contribution is 5.87. The van der Waals surface area contributed by atoms with Gasteiger partial charge in [0.15, 0.2) is 0 Å². The summed E-state index contributed by atoms with van der Waals surface area (Å²) in [6.45, 7) is 4.04. The van der Waals surface area contributed by atoms with Gasteiger partial charge in [0.25, 0.3) is 0 Å². The average Bonchev–Trinajstić information content (AvgIpc) is 2.30. The Hall–Kier alpha value is -1.62. The molecule has 0 unspecified atom stereocenters. The topological polar surface area (TPSA) is 78.4 Å². The Bertz CT molecular complexity index is 262. The summed E-state index contributed by atoms with van der Waals surface area (Å²) in [7, 11) is 0. The van der Waals surface area contributed by atoms with Crippen molar-refractivity contribution >= 4 is 11.8 Å². The first kappa shape index (κ1) is 14.4. The van der Waals surface area contributed by atoms with Gasteiger partial charge in [-0.3, -0.25) is 14.8 Å². The highest BCUT2D eigenvalue weighted by atomic mass is 16.5. The van der Waals surface area contributed by atoms with Gasteiger partial charge in [-0.05, 0) is 12.8 Å². The van der Waals surface area contributed by atoms with E-state index in [9.17, 15) is 9.59 Å². The minimum Gasteiger partial charge on any atom is -0.353 e. The van der Waals surface area contributed by atoms with E-state index in [0.717, 1.165) is 12.8 Å². The summed E-state index contributed by atoms with van der Waals surface area (Å²) in [4.78, 5) is 21.7. The number of hydrogen-bond donors (Lipinski definition) is 3. The van der Waals surface area contributed by atoms with Crippen molar-refractivity contribution in [1.29, 1.82) is 0 Å². The molecule has 5 heteroatoms. The van der Waals surface area contributed by atoms with Crippen LogP contribution < -0.4 is 10.8 Å². The lowest BCUT2D eigenvalue weighted by Crippen LogP contribution is -2.22. The molecule has 0 rings (SSSR count). The lowest BCUT2D eigenvalue weighted by molar-refractivity contribution is -0.129. The fourth-order valence-electron chi connectivity index (χ4n) is 1.07. The third-order valence-corrected chi connectivity index (χ3v) is 1.89. The van der Waals surface area contributed by atoms with Crippen LogP contribution in [0.3, 0.4) is 0 Å². The molecule has 0 aromatic rings. The molecule has 0 radical (unpaired) electrons. The molecule has 3 N–H and O–H groups in total. The third-order valence-electron chi connectivity index (χ3n) is 1.89. The normalized spacial score (nSPS) is 10.1. The third kappa shape index (κ3) is 8.96. The van der Waals surface area contributed by atoms with Crippen LogP contribution in [0, 0.1) is 0 Å². The van der Waals surface area contributed by atoms with Crippen molar-refractivity contribution in [2.45, 2.75) is 25.7 Å². The Balaban J connectivity index is 3.33. The van der Waals surface area contributed by atoms with Gasteiger partial charge >= 0.3 is 0 Å². The molecule has 0 aliphatic heterocycles. The lowest BCUT2D eigenvalue weighted by atomic mass is 10.2. The van der Waals surface area contributed by atoms with Gasteiger partial charge in [-0.15, -0.1) is 0 Å². The highest BCUT2D eigenvalue weighted by Gasteiger charge is 1.98. The van der Waals surface area contributed by atoms with Gasteiger partial charge in [0.2, 0.25) is 11.8 Å². The number of nitrogens with one attached hydrogen (secondary N) is 2. The van der Waals surface area contributed by atoms with Gasteiger partial charge in [-0.1, -0.05) is 25.2 Å². The van der Waals surface area contributed by atoms with E-state index in [1.807, 2.05) is 0 Å². The molecular weight excluding hydrogens is 208 g/mol. The molecule has 0 saturated carbocycles. The zero-order valence-electron chi connectivity index (χ0n) is 9.24. The first-order chi connectivity index (χ1) is 7.70. The smallest absolute Gasteiger partial charge is 0.243 e. The average molecular weight is 226 g/mol. The first-order valence-corrected chi connectivity index (χ1v) is 5.20. The molecule has 0 heterocycles.